The number of esters is 1. The summed E-state index contributed by atoms with van der Waals surface area (Å²) in [6.45, 7) is 1.48. The van der Waals surface area contributed by atoms with Crippen LogP contribution in [0.5, 0.6) is 0 Å². The standard InChI is InChI=1S/C14H16O3/c1-10(15)6-9-14(16)17-13-8-7-11-4-2-3-5-12(11)13/h2-5,13H,6-9H2,1H3. The zero-order chi connectivity index (χ0) is 12.3. The smallest absolute Gasteiger partial charge is 0.306 e. The molecule has 0 spiro atoms. The average Bonchev–Trinajstić information content (AvgIpc) is 2.70. The average molecular weight is 232 g/mol. The zero-order valence-electron chi connectivity index (χ0n) is 9.94. The maximum absolute atomic E-state index is 11.5. The van der Waals surface area contributed by atoms with E-state index in [9.17, 15) is 9.59 Å². The number of fused-ring (bicyclic) bond motifs is 1. The highest BCUT2D eigenvalue weighted by atomic mass is 16.5. The molecular formula is C14H16O3. The van der Waals surface area contributed by atoms with Crippen molar-refractivity contribution in [1.82, 2.24) is 0 Å². The number of benzene rings is 1. The van der Waals surface area contributed by atoms with Gasteiger partial charge >= 0.3 is 5.97 Å². The molecule has 0 fully saturated rings. The minimum atomic E-state index is -0.276. The first-order valence-electron chi connectivity index (χ1n) is 5.93. The van der Waals surface area contributed by atoms with Gasteiger partial charge in [-0.1, -0.05) is 24.3 Å². The molecule has 0 amide bonds. The Bertz CT molecular complexity index is 437. The van der Waals surface area contributed by atoms with Gasteiger partial charge in [0.15, 0.2) is 0 Å². The molecule has 1 aliphatic carbocycles. The fourth-order valence-electron chi connectivity index (χ4n) is 2.14. The van der Waals surface area contributed by atoms with E-state index in [1.807, 2.05) is 18.2 Å². The van der Waals surface area contributed by atoms with Crippen LogP contribution in [-0.2, 0) is 20.7 Å². The number of Topliss-reactive ketones (excluding diaryl/α,β-unsaturated/α-hetero) is 1. The van der Waals surface area contributed by atoms with E-state index in [1.165, 1.54) is 12.5 Å². The van der Waals surface area contributed by atoms with Gasteiger partial charge in [-0.15, -0.1) is 0 Å². The molecule has 0 heterocycles. The van der Waals surface area contributed by atoms with Gasteiger partial charge in [0, 0.05) is 6.42 Å². The van der Waals surface area contributed by atoms with E-state index in [0.29, 0.717) is 0 Å². The molecule has 0 N–H and O–H groups in total. The monoisotopic (exact) mass is 232 g/mol. The first kappa shape index (κ1) is 11.8. The number of aryl methyl sites for hydroxylation is 1. The van der Waals surface area contributed by atoms with Crippen LogP contribution in [-0.4, -0.2) is 11.8 Å². The number of ketones is 1. The van der Waals surface area contributed by atoms with Crippen LogP contribution < -0.4 is 0 Å². The maximum atomic E-state index is 11.5. The number of rotatable bonds is 4. The number of carbonyl (C=O) groups is 2. The second kappa shape index (κ2) is 5.13. The Labute approximate surface area is 101 Å². The van der Waals surface area contributed by atoms with Crippen LogP contribution >= 0.6 is 0 Å². The summed E-state index contributed by atoms with van der Waals surface area (Å²) >= 11 is 0. The molecule has 17 heavy (non-hydrogen) atoms. The molecule has 0 aliphatic heterocycles. The first-order valence-corrected chi connectivity index (χ1v) is 5.93. The Morgan fingerprint density at radius 1 is 1.29 bits per heavy atom. The zero-order valence-corrected chi connectivity index (χ0v) is 9.94. The predicted octanol–water partition coefficient (Wildman–Crippen LogP) is 2.59. The van der Waals surface area contributed by atoms with Crippen molar-refractivity contribution in [3.8, 4) is 0 Å². The van der Waals surface area contributed by atoms with Crippen LogP contribution in [0.1, 0.15) is 43.4 Å². The highest BCUT2D eigenvalue weighted by Gasteiger charge is 2.25. The molecule has 0 saturated carbocycles. The molecule has 3 heteroatoms. The van der Waals surface area contributed by atoms with Gasteiger partial charge in [0.05, 0.1) is 6.42 Å². The first-order chi connectivity index (χ1) is 8.16. The Kier molecular flexibility index (Phi) is 3.57. The van der Waals surface area contributed by atoms with Crippen LogP contribution in [0.2, 0.25) is 0 Å². The summed E-state index contributed by atoms with van der Waals surface area (Å²) in [5.41, 5.74) is 2.38. The summed E-state index contributed by atoms with van der Waals surface area (Å²) in [5, 5.41) is 0. The third-order valence-electron chi connectivity index (χ3n) is 3.03. The van der Waals surface area contributed by atoms with Gasteiger partial charge in [0.1, 0.15) is 11.9 Å². The Morgan fingerprint density at radius 2 is 2.06 bits per heavy atom. The van der Waals surface area contributed by atoms with Gasteiger partial charge < -0.3 is 9.53 Å². The summed E-state index contributed by atoms with van der Waals surface area (Å²) in [5.74, 6) is -0.254. The Hall–Kier alpha value is -1.64. The van der Waals surface area contributed by atoms with E-state index in [1.54, 1.807) is 0 Å². The lowest BCUT2D eigenvalue weighted by atomic mass is 10.1. The topological polar surface area (TPSA) is 43.4 Å². The molecule has 3 nitrogen and oxygen atoms in total. The summed E-state index contributed by atoms with van der Waals surface area (Å²) < 4.78 is 5.40. The molecule has 1 unspecified atom stereocenters. The van der Waals surface area contributed by atoms with Gasteiger partial charge in [-0.3, -0.25) is 4.79 Å². The van der Waals surface area contributed by atoms with Crippen LogP contribution in [0.4, 0.5) is 0 Å². The normalized spacial score (nSPS) is 17.6. The van der Waals surface area contributed by atoms with E-state index >= 15 is 0 Å². The van der Waals surface area contributed by atoms with Crippen LogP contribution in [0.3, 0.4) is 0 Å². The largest absolute Gasteiger partial charge is 0.457 e. The van der Waals surface area contributed by atoms with E-state index in [-0.39, 0.29) is 30.7 Å². The van der Waals surface area contributed by atoms with E-state index in [4.69, 9.17) is 4.74 Å². The maximum Gasteiger partial charge on any atom is 0.306 e. The van der Waals surface area contributed by atoms with E-state index in [2.05, 4.69) is 6.07 Å². The summed E-state index contributed by atoms with van der Waals surface area (Å²) in [4.78, 5) is 22.3. The van der Waals surface area contributed by atoms with Crippen LogP contribution in [0.15, 0.2) is 24.3 Å². The van der Waals surface area contributed by atoms with Crippen molar-refractivity contribution in [2.24, 2.45) is 0 Å². The van der Waals surface area contributed by atoms with Crippen molar-refractivity contribution in [2.45, 2.75) is 38.7 Å². The molecule has 1 aromatic carbocycles. The minimum absolute atomic E-state index is 0.0220. The molecule has 0 aromatic heterocycles. The molecule has 2 rings (SSSR count). The van der Waals surface area contributed by atoms with Gasteiger partial charge in [0.25, 0.3) is 0 Å². The lowest BCUT2D eigenvalue weighted by Gasteiger charge is -2.12. The van der Waals surface area contributed by atoms with Crippen molar-refractivity contribution < 1.29 is 14.3 Å². The summed E-state index contributed by atoms with van der Waals surface area (Å²) in [6.07, 6.45) is 2.15. The quantitative estimate of drug-likeness (QED) is 0.749. The van der Waals surface area contributed by atoms with E-state index < -0.39 is 0 Å². The van der Waals surface area contributed by atoms with Crippen molar-refractivity contribution in [3.05, 3.63) is 35.4 Å². The van der Waals surface area contributed by atoms with Crippen molar-refractivity contribution in [1.29, 1.82) is 0 Å². The third-order valence-corrected chi connectivity index (χ3v) is 3.03. The second-order valence-corrected chi connectivity index (χ2v) is 4.42. The highest BCUT2D eigenvalue weighted by Crippen LogP contribution is 2.33. The molecule has 90 valence electrons. The van der Waals surface area contributed by atoms with Gasteiger partial charge in [-0.2, -0.15) is 0 Å². The molecule has 0 bridgehead atoms. The SMILES string of the molecule is CC(=O)CCC(=O)OC1CCc2ccccc21. The van der Waals surface area contributed by atoms with Crippen LogP contribution in [0, 0.1) is 0 Å². The predicted molar refractivity (Wildman–Crippen MR) is 63.5 cm³/mol. The van der Waals surface area contributed by atoms with Crippen molar-refractivity contribution in [2.75, 3.05) is 0 Å². The lowest BCUT2D eigenvalue weighted by molar-refractivity contribution is -0.150. The number of hydrogen-bond donors (Lipinski definition) is 0. The Balaban J connectivity index is 1.93. The molecule has 0 radical (unpaired) electrons. The lowest BCUT2D eigenvalue weighted by Crippen LogP contribution is -2.10. The number of carbonyl (C=O) groups excluding carboxylic acids is 2. The molecule has 1 atom stereocenters. The number of hydrogen-bond acceptors (Lipinski definition) is 3. The molecule has 1 aliphatic rings. The van der Waals surface area contributed by atoms with Crippen LogP contribution in [0.25, 0.3) is 0 Å². The highest BCUT2D eigenvalue weighted by molar-refractivity contribution is 5.81. The summed E-state index contributed by atoms with van der Waals surface area (Å²) in [7, 11) is 0. The van der Waals surface area contributed by atoms with Crippen molar-refractivity contribution in [3.63, 3.8) is 0 Å². The third kappa shape index (κ3) is 2.93. The minimum Gasteiger partial charge on any atom is -0.457 e. The van der Waals surface area contributed by atoms with Gasteiger partial charge in [0.2, 0.25) is 0 Å². The second-order valence-electron chi connectivity index (χ2n) is 4.42. The van der Waals surface area contributed by atoms with Gasteiger partial charge in [-0.05, 0) is 30.9 Å². The fourth-order valence-corrected chi connectivity index (χ4v) is 2.14. The summed E-state index contributed by atoms with van der Waals surface area (Å²) in [6, 6.07) is 8.03. The molecular weight excluding hydrogens is 216 g/mol. The number of ether oxygens (including phenoxy) is 1. The fraction of sp³-hybridized carbons (Fsp3) is 0.429. The molecule has 0 saturated heterocycles. The van der Waals surface area contributed by atoms with Crippen molar-refractivity contribution >= 4 is 11.8 Å². The van der Waals surface area contributed by atoms with E-state index in [0.717, 1.165) is 18.4 Å². The van der Waals surface area contributed by atoms with Gasteiger partial charge in [-0.25, -0.2) is 0 Å². The Morgan fingerprint density at radius 3 is 2.82 bits per heavy atom. The molecule has 1 aromatic rings.